The lowest BCUT2D eigenvalue weighted by molar-refractivity contribution is -0.152. The Balaban J connectivity index is 1.89. The Labute approximate surface area is 153 Å². The van der Waals surface area contributed by atoms with E-state index < -0.39 is 23.8 Å². The number of halogens is 2. The van der Waals surface area contributed by atoms with Crippen LogP contribution in [-0.2, 0) is 20.7 Å². The zero-order chi connectivity index (χ0) is 18.4. The number of anilines is 1. The van der Waals surface area contributed by atoms with Crippen molar-refractivity contribution in [3.05, 3.63) is 58.3 Å². The second-order valence-corrected chi connectivity index (χ2v) is 6.19. The lowest BCUT2D eigenvalue weighted by Gasteiger charge is -2.14. The molecule has 2 aromatic rings. The first-order valence-corrected chi connectivity index (χ1v) is 8.26. The van der Waals surface area contributed by atoms with Gasteiger partial charge in [-0.3, -0.25) is 9.59 Å². The Kier molecular flexibility index (Phi) is 6.52. The summed E-state index contributed by atoms with van der Waals surface area (Å²) >= 11 is 3.13. The van der Waals surface area contributed by atoms with Gasteiger partial charge in [-0.2, -0.15) is 0 Å². The molecule has 2 aromatic carbocycles. The van der Waals surface area contributed by atoms with Crippen molar-refractivity contribution in [2.45, 2.75) is 19.4 Å². The van der Waals surface area contributed by atoms with Crippen LogP contribution in [0.25, 0.3) is 0 Å². The fourth-order valence-electron chi connectivity index (χ4n) is 2.03. The molecule has 0 heterocycles. The molecule has 2 rings (SSSR count). The van der Waals surface area contributed by atoms with E-state index in [0.717, 1.165) is 5.56 Å². The van der Waals surface area contributed by atoms with Crippen LogP contribution in [0.15, 0.2) is 46.9 Å². The highest BCUT2D eigenvalue weighted by Gasteiger charge is 2.19. The van der Waals surface area contributed by atoms with Gasteiger partial charge < -0.3 is 14.8 Å². The van der Waals surface area contributed by atoms with E-state index in [0.29, 0.717) is 10.2 Å². The van der Waals surface area contributed by atoms with Gasteiger partial charge in [-0.05, 0) is 42.8 Å². The molecule has 0 radical (unpaired) electrons. The van der Waals surface area contributed by atoms with Gasteiger partial charge in [0.1, 0.15) is 11.6 Å². The number of hydrogen-bond donors (Lipinski definition) is 1. The fourth-order valence-corrected chi connectivity index (χ4v) is 2.36. The molecule has 1 N–H and O–H groups in total. The van der Waals surface area contributed by atoms with Gasteiger partial charge in [0.25, 0.3) is 5.91 Å². The molecule has 132 valence electrons. The molecule has 7 heteroatoms. The Morgan fingerprint density at radius 1 is 1.20 bits per heavy atom. The van der Waals surface area contributed by atoms with E-state index in [4.69, 9.17) is 9.47 Å². The molecular weight excluding hydrogens is 393 g/mol. The van der Waals surface area contributed by atoms with Crippen molar-refractivity contribution in [3.63, 3.8) is 0 Å². The van der Waals surface area contributed by atoms with Gasteiger partial charge in [0, 0.05) is 4.47 Å². The normalized spacial score (nSPS) is 11.5. The first kappa shape index (κ1) is 18.9. The standard InChI is InChI=1S/C18H17BrFNO4/c1-11(18(23)21-16-8-5-13(19)10-15(16)20)25-17(22)9-12-3-6-14(24-2)7-4-12/h3-8,10-11H,9H2,1-2H3,(H,21,23). The largest absolute Gasteiger partial charge is 0.497 e. The Bertz CT molecular complexity index is 764. The molecule has 1 atom stereocenters. The number of methoxy groups -OCH3 is 1. The number of rotatable bonds is 6. The monoisotopic (exact) mass is 409 g/mol. The van der Waals surface area contributed by atoms with Crippen LogP contribution in [0.5, 0.6) is 5.75 Å². The molecule has 0 aliphatic rings. The van der Waals surface area contributed by atoms with Gasteiger partial charge >= 0.3 is 5.97 Å². The second kappa shape index (κ2) is 8.62. The number of hydrogen-bond acceptors (Lipinski definition) is 4. The number of benzene rings is 2. The van der Waals surface area contributed by atoms with Gasteiger partial charge in [0.05, 0.1) is 19.2 Å². The molecule has 0 aliphatic carbocycles. The lowest BCUT2D eigenvalue weighted by atomic mass is 10.1. The molecule has 0 fully saturated rings. The molecule has 0 bridgehead atoms. The lowest BCUT2D eigenvalue weighted by Crippen LogP contribution is -2.30. The highest BCUT2D eigenvalue weighted by Crippen LogP contribution is 2.19. The van der Waals surface area contributed by atoms with E-state index >= 15 is 0 Å². The van der Waals surface area contributed by atoms with Crippen LogP contribution in [0.4, 0.5) is 10.1 Å². The summed E-state index contributed by atoms with van der Waals surface area (Å²) in [5.74, 6) is -1.06. The highest BCUT2D eigenvalue weighted by molar-refractivity contribution is 9.10. The molecule has 0 aliphatic heterocycles. The summed E-state index contributed by atoms with van der Waals surface area (Å²) in [6.45, 7) is 1.43. The van der Waals surface area contributed by atoms with Crippen molar-refractivity contribution < 1.29 is 23.5 Å². The van der Waals surface area contributed by atoms with Crippen LogP contribution in [0.3, 0.4) is 0 Å². The van der Waals surface area contributed by atoms with Crippen LogP contribution in [0, 0.1) is 5.82 Å². The average molecular weight is 410 g/mol. The maximum Gasteiger partial charge on any atom is 0.311 e. The Morgan fingerprint density at radius 2 is 1.88 bits per heavy atom. The minimum Gasteiger partial charge on any atom is -0.497 e. The molecule has 1 amide bonds. The second-order valence-electron chi connectivity index (χ2n) is 5.27. The van der Waals surface area contributed by atoms with E-state index in [9.17, 15) is 14.0 Å². The average Bonchev–Trinajstić information content (AvgIpc) is 2.57. The van der Waals surface area contributed by atoms with Gasteiger partial charge in [0.2, 0.25) is 0 Å². The third-order valence-corrected chi connectivity index (χ3v) is 3.87. The number of amides is 1. The summed E-state index contributed by atoms with van der Waals surface area (Å²) in [6.07, 6.45) is -1.03. The van der Waals surface area contributed by atoms with E-state index in [1.54, 1.807) is 37.4 Å². The predicted octanol–water partition coefficient (Wildman–Crippen LogP) is 3.71. The van der Waals surface area contributed by atoms with Crippen LogP contribution < -0.4 is 10.1 Å². The zero-order valence-electron chi connectivity index (χ0n) is 13.7. The predicted molar refractivity (Wildman–Crippen MR) is 95.0 cm³/mol. The van der Waals surface area contributed by atoms with Crippen molar-refractivity contribution in [1.82, 2.24) is 0 Å². The SMILES string of the molecule is COc1ccc(CC(=O)OC(C)C(=O)Nc2ccc(Br)cc2F)cc1. The molecule has 0 saturated heterocycles. The maximum absolute atomic E-state index is 13.7. The van der Waals surface area contributed by atoms with E-state index in [-0.39, 0.29) is 12.1 Å². The summed E-state index contributed by atoms with van der Waals surface area (Å²) in [4.78, 5) is 24.0. The van der Waals surface area contributed by atoms with Crippen molar-refractivity contribution in [2.24, 2.45) is 0 Å². The fraction of sp³-hybridized carbons (Fsp3) is 0.222. The molecule has 0 aromatic heterocycles. The number of carbonyl (C=O) groups excluding carboxylic acids is 2. The first-order valence-electron chi connectivity index (χ1n) is 7.47. The van der Waals surface area contributed by atoms with E-state index in [2.05, 4.69) is 21.2 Å². The summed E-state index contributed by atoms with van der Waals surface area (Å²) in [6, 6.07) is 11.2. The minimum atomic E-state index is -1.05. The van der Waals surface area contributed by atoms with Crippen LogP contribution in [-0.4, -0.2) is 25.1 Å². The van der Waals surface area contributed by atoms with Crippen molar-refractivity contribution >= 4 is 33.5 Å². The smallest absolute Gasteiger partial charge is 0.311 e. The molecule has 25 heavy (non-hydrogen) atoms. The third-order valence-electron chi connectivity index (χ3n) is 3.37. The summed E-state index contributed by atoms with van der Waals surface area (Å²) in [5, 5.41) is 2.39. The van der Waals surface area contributed by atoms with Crippen LogP contribution in [0.2, 0.25) is 0 Å². The number of carbonyl (C=O) groups is 2. The van der Waals surface area contributed by atoms with Crippen LogP contribution in [0.1, 0.15) is 12.5 Å². The maximum atomic E-state index is 13.7. The van der Waals surface area contributed by atoms with E-state index in [1.165, 1.54) is 19.1 Å². The Morgan fingerprint density at radius 3 is 2.48 bits per heavy atom. The molecule has 1 unspecified atom stereocenters. The quantitative estimate of drug-likeness (QED) is 0.738. The number of nitrogens with one attached hydrogen (secondary N) is 1. The molecule has 0 spiro atoms. The number of esters is 1. The first-order chi connectivity index (χ1) is 11.9. The van der Waals surface area contributed by atoms with Gasteiger partial charge in [-0.15, -0.1) is 0 Å². The minimum absolute atomic E-state index is 0.0197. The molecule has 0 saturated carbocycles. The molecular formula is C18H17BrFNO4. The topological polar surface area (TPSA) is 64.6 Å². The highest BCUT2D eigenvalue weighted by atomic mass is 79.9. The number of ether oxygens (including phenoxy) is 2. The van der Waals surface area contributed by atoms with Gasteiger partial charge in [0.15, 0.2) is 6.10 Å². The van der Waals surface area contributed by atoms with Gasteiger partial charge in [-0.25, -0.2) is 4.39 Å². The molecule has 5 nitrogen and oxygen atoms in total. The summed E-state index contributed by atoms with van der Waals surface area (Å²) in [5.41, 5.74) is 0.753. The summed E-state index contributed by atoms with van der Waals surface area (Å²) < 4.78 is 24.4. The third kappa shape index (κ3) is 5.56. The van der Waals surface area contributed by atoms with Crippen LogP contribution >= 0.6 is 15.9 Å². The van der Waals surface area contributed by atoms with E-state index in [1.807, 2.05) is 0 Å². The van der Waals surface area contributed by atoms with Gasteiger partial charge in [-0.1, -0.05) is 28.1 Å². The zero-order valence-corrected chi connectivity index (χ0v) is 15.3. The van der Waals surface area contributed by atoms with Crippen molar-refractivity contribution in [1.29, 1.82) is 0 Å². The Hall–Kier alpha value is -2.41. The van der Waals surface area contributed by atoms with Crippen molar-refractivity contribution in [2.75, 3.05) is 12.4 Å². The summed E-state index contributed by atoms with van der Waals surface area (Å²) in [7, 11) is 1.55. The van der Waals surface area contributed by atoms with Crippen molar-refractivity contribution in [3.8, 4) is 5.75 Å².